The first-order valence-corrected chi connectivity index (χ1v) is 10.1. The molecule has 1 aliphatic rings. The molecule has 1 saturated heterocycles. The van der Waals surface area contributed by atoms with Gasteiger partial charge in [0.25, 0.3) is 5.91 Å². The summed E-state index contributed by atoms with van der Waals surface area (Å²) in [5, 5.41) is 4.80. The van der Waals surface area contributed by atoms with Gasteiger partial charge in [-0.25, -0.2) is 9.97 Å². The Kier molecular flexibility index (Phi) is 6.58. The predicted octanol–water partition coefficient (Wildman–Crippen LogP) is 2.85. The average molecular weight is 362 g/mol. The van der Waals surface area contributed by atoms with Crippen LogP contribution in [0.1, 0.15) is 54.6 Å². The highest BCUT2D eigenvalue weighted by Crippen LogP contribution is 2.18. The highest BCUT2D eigenvalue weighted by atomic mass is 32.1. The van der Waals surface area contributed by atoms with E-state index in [-0.39, 0.29) is 5.91 Å². The maximum absolute atomic E-state index is 11.9. The molecule has 0 saturated carbocycles. The van der Waals surface area contributed by atoms with Gasteiger partial charge in [0, 0.05) is 36.8 Å². The van der Waals surface area contributed by atoms with Gasteiger partial charge in [0.2, 0.25) is 0 Å². The van der Waals surface area contributed by atoms with Gasteiger partial charge in [0.15, 0.2) is 0 Å². The molecule has 2 aromatic rings. The number of hydrogen-bond donors (Lipinski definition) is 2. The van der Waals surface area contributed by atoms with Crippen molar-refractivity contribution in [3.05, 3.63) is 34.3 Å². The molecule has 1 amide bonds. The number of unbranched alkanes of at least 4 members (excludes halogenated alkanes) is 1. The number of nitrogens with one attached hydrogen (secondary N) is 2. The smallest absolute Gasteiger partial charge is 0.270 e. The molecule has 6 nitrogen and oxygen atoms in total. The second kappa shape index (κ2) is 9.10. The molecule has 0 aliphatic carbocycles. The van der Waals surface area contributed by atoms with Crippen molar-refractivity contribution in [2.45, 2.75) is 45.6 Å². The van der Waals surface area contributed by atoms with Crippen molar-refractivity contribution in [2.24, 2.45) is 5.92 Å². The second-order valence-electron chi connectivity index (χ2n) is 6.76. The number of thiazole rings is 1. The molecule has 0 spiro atoms. The third-order valence-electron chi connectivity index (χ3n) is 4.77. The molecular formula is C18H27N5OS. The Labute approximate surface area is 153 Å². The summed E-state index contributed by atoms with van der Waals surface area (Å²) in [5.41, 5.74) is 3.43. The van der Waals surface area contributed by atoms with Crippen molar-refractivity contribution in [2.75, 3.05) is 19.6 Å². The van der Waals surface area contributed by atoms with E-state index in [4.69, 9.17) is 0 Å². The van der Waals surface area contributed by atoms with Gasteiger partial charge in [0.1, 0.15) is 11.5 Å². The summed E-state index contributed by atoms with van der Waals surface area (Å²) in [6.45, 7) is 6.03. The van der Waals surface area contributed by atoms with Gasteiger partial charge in [-0.2, -0.15) is 0 Å². The van der Waals surface area contributed by atoms with Crippen LogP contribution in [-0.2, 0) is 13.0 Å². The number of H-pyrrole nitrogens is 1. The first-order chi connectivity index (χ1) is 12.2. The normalized spacial score (nSPS) is 16.2. The molecule has 3 rings (SSSR count). The summed E-state index contributed by atoms with van der Waals surface area (Å²) in [6.07, 6.45) is 7.64. The molecule has 1 aliphatic heterocycles. The average Bonchev–Trinajstić information content (AvgIpc) is 3.31. The molecule has 2 N–H and O–H groups in total. The van der Waals surface area contributed by atoms with Crippen LogP contribution in [0, 0.1) is 5.92 Å². The lowest BCUT2D eigenvalue weighted by Crippen LogP contribution is -2.38. The Bertz CT molecular complexity index is 646. The minimum atomic E-state index is -0.0549. The predicted molar refractivity (Wildman–Crippen MR) is 99.6 cm³/mol. The van der Waals surface area contributed by atoms with Gasteiger partial charge in [0.05, 0.1) is 5.51 Å². The first kappa shape index (κ1) is 18.1. The minimum Gasteiger partial charge on any atom is -0.350 e. The summed E-state index contributed by atoms with van der Waals surface area (Å²) in [7, 11) is 0. The molecule has 3 heterocycles. The molecule has 7 heteroatoms. The Morgan fingerprint density at radius 1 is 1.40 bits per heavy atom. The number of nitrogens with zero attached hydrogens (tertiary/aromatic N) is 3. The van der Waals surface area contributed by atoms with Gasteiger partial charge in [-0.3, -0.25) is 9.69 Å². The largest absolute Gasteiger partial charge is 0.350 e. The Balaban J connectivity index is 1.37. The number of likely N-dealkylation sites (tertiary alicyclic amines) is 1. The van der Waals surface area contributed by atoms with Crippen molar-refractivity contribution >= 4 is 17.2 Å². The fraction of sp³-hybridized carbons (Fsp3) is 0.611. The summed E-state index contributed by atoms with van der Waals surface area (Å²) >= 11 is 1.45. The number of imidazole rings is 1. The zero-order chi connectivity index (χ0) is 17.5. The SMILES string of the molecule is CCCCc1ncc(CN2CCC(CNC(=O)c3cscn3)CC2)[nH]1. The maximum Gasteiger partial charge on any atom is 0.270 e. The fourth-order valence-electron chi connectivity index (χ4n) is 3.20. The van der Waals surface area contributed by atoms with E-state index in [2.05, 4.69) is 32.1 Å². The van der Waals surface area contributed by atoms with Crippen molar-refractivity contribution in [1.82, 2.24) is 25.2 Å². The number of aryl methyl sites for hydroxylation is 1. The molecule has 0 unspecified atom stereocenters. The van der Waals surface area contributed by atoms with Gasteiger partial charge in [-0.1, -0.05) is 13.3 Å². The van der Waals surface area contributed by atoms with Crippen LogP contribution >= 0.6 is 11.3 Å². The van der Waals surface area contributed by atoms with Crippen molar-refractivity contribution in [3.8, 4) is 0 Å². The number of aromatic amines is 1. The van der Waals surface area contributed by atoms with Crippen LogP contribution in [0.5, 0.6) is 0 Å². The summed E-state index contributed by atoms with van der Waals surface area (Å²) in [6, 6.07) is 0. The van der Waals surface area contributed by atoms with Crippen molar-refractivity contribution in [3.63, 3.8) is 0 Å². The summed E-state index contributed by atoms with van der Waals surface area (Å²) in [5.74, 6) is 1.61. The molecular weight excluding hydrogens is 334 g/mol. The maximum atomic E-state index is 11.9. The van der Waals surface area contributed by atoms with Crippen molar-refractivity contribution in [1.29, 1.82) is 0 Å². The van der Waals surface area contributed by atoms with Gasteiger partial charge in [-0.15, -0.1) is 11.3 Å². The molecule has 25 heavy (non-hydrogen) atoms. The third kappa shape index (κ3) is 5.37. The number of hydrogen-bond acceptors (Lipinski definition) is 5. The lowest BCUT2D eigenvalue weighted by molar-refractivity contribution is 0.0931. The summed E-state index contributed by atoms with van der Waals surface area (Å²) < 4.78 is 0. The molecule has 0 bridgehead atoms. The third-order valence-corrected chi connectivity index (χ3v) is 5.35. The number of carbonyl (C=O) groups is 1. The standard InChI is InChI=1S/C18H27N5OS/c1-2-3-4-17-19-10-15(22-17)11-23-7-5-14(6-8-23)9-20-18(24)16-12-25-13-21-16/h10,12-14H,2-9,11H2,1H3,(H,19,22)(H,20,24). The fourth-order valence-corrected chi connectivity index (χ4v) is 3.73. The van der Waals surface area contributed by atoms with Crippen LogP contribution in [0.15, 0.2) is 17.1 Å². The highest BCUT2D eigenvalue weighted by Gasteiger charge is 2.20. The van der Waals surface area contributed by atoms with Crippen LogP contribution < -0.4 is 5.32 Å². The Hall–Kier alpha value is -1.73. The number of rotatable bonds is 8. The Morgan fingerprint density at radius 2 is 2.24 bits per heavy atom. The minimum absolute atomic E-state index is 0.0549. The highest BCUT2D eigenvalue weighted by molar-refractivity contribution is 7.07. The van der Waals surface area contributed by atoms with Crippen LogP contribution in [0.3, 0.4) is 0 Å². The number of piperidine rings is 1. The summed E-state index contributed by atoms with van der Waals surface area (Å²) in [4.78, 5) is 26.4. The lowest BCUT2D eigenvalue weighted by atomic mass is 9.96. The van der Waals surface area contributed by atoms with E-state index in [1.54, 1.807) is 10.9 Å². The topological polar surface area (TPSA) is 73.9 Å². The van der Waals surface area contributed by atoms with Gasteiger partial charge < -0.3 is 10.3 Å². The van der Waals surface area contributed by atoms with Crippen LogP contribution in [-0.4, -0.2) is 45.4 Å². The van der Waals surface area contributed by atoms with Crippen molar-refractivity contribution < 1.29 is 4.79 Å². The number of aromatic nitrogens is 3. The van der Waals surface area contributed by atoms with E-state index in [0.717, 1.165) is 51.3 Å². The van der Waals surface area contributed by atoms with E-state index in [1.165, 1.54) is 29.9 Å². The quantitative estimate of drug-likeness (QED) is 0.758. The molecule has 0 atom stereocenters. The monoisotopic (exact) mass is 361 g/mol. The Morgan fingerprint density at radius 3 is 2.96 bits per heavy atom. The van der Waals surface area contributed by atoms with E-state index < -0.39 is 0 Å². The van der Waals surface area contributed by atoms with E-state index in [0.29, 0.717) is 11.6 Å². The van der Waals surface area contributed by atoms with Gasteiger partial charge >= 0.3 is 0 Å². The lowest BCUT2D eigenvalue weighted by Gasteiger charge is -2.31. The molecule has 1 fully saturated rings. The zero-order valence-corrected chi connectivity index (χ0v) is 15.6. The van der Waals surface area contributed by atoms with Crippen LogP contribution in [0.25, 0.3) is 0 Å². The van der Waals surface area contributed by atoms with E-state index >= 15 is 0 Å². The van der Waals surface area contributed by atoms with Crippen LogP contribution in [0.2, 0.25) is 0 Å². The van der Waals surface area contributed by atoms with Gasteiger partial charge in [-0.05, 0) is 38.3 Å². The second-order valence-corrected chi connectivity index (χ2v) is 7.48. The first-order valence-electron chi connectivity index (χ1n) is 9.16. The molecule has 2 aromatic heterocycles. The number of carbonyl (C=O) groups excluding carboxylic acids is 1. The molecule has 0 aromatic carbocycles. The van der Waals surface area contributed by atoms with E-state index in [1.807, 2.05) is 6.20 Å². The zero-order valence-electron chi connectivity index (χ0n) is 14.8. The van der Waals surface area contributed by atoms with E-state index in [9.17, 15) is 4.79 Å². The van der Waals surface area contributed by atoms with Crippen LogP contribution in [0.4, 0.5) is 0 Å². The molecule has 0 radical (unpaired) electrons. The molecule has 136 valence electrons. The number of amides is 1.